The average Bonchev–Trinajstić information content (AvgIpc) is 2.81. The Balaban J connectivity index is 1.92. The molecule has 124 valence electrons. The average molecular weight is 365 g/mol. The summed E-state index contributed by atoms with van der Waals surface area (Å²) in [5.41, 5.74) is 1.93. The highest BCUT2D eigenvalue weighted by molar-refractivity contribution is 7.89. The summed E-state index contributed by atoms with van der Waals surface area (Å²) in [5, 5.41) is 8.27. The first-order valence-corrected chi connectivity index (χ1v) is 8.76. The van der Waals surface area contributed by atoms with E-state index in [0.29, 0.717) is 27.7 Å². The van der Waals surface area contributed by atoms with E-state index in [1.807, 2.05) is 0 Å². The second-order valence-electron chi connectivity index (χ2n) is 5.14. The Hall–Kier alpha value is -2.42. The van der Waals surface area contributed by atoms with Gasteiger partial charge in [0.2, 0.25) is 10.0 Å². The van der Waals surface area contributed by atoms with Gasteiger partial charge in [-0.25, -0.2) is 18.5 Å². The van der Waals surface area contributed by atoms with Crippen molar-refractivity contribution in [2.45, 2.75) is 11.8 Å². The van der Waals surface area contributed by atoms with E-state index in [0.717, 1.165) is 0 Å². The van der Waals surface area contributed by atoms with Crippen molar-refractivity contribution in [1.29, 1.82) is 0 Å². The molecule has 0 bridgehead atoms. The number of benzene rings is 1. The number of hydrogen-bond acceptors (Lipinski definition) is 4. The van der Waals surface area contributed by atoms with Crippen molar-refractivity contribution in [1.82, 2.24) is 9.38 Å². The molecule has 24 heavy (non-hydrogen) atoms. The van der Waals surface area contributed by atoms with Crippen LogP contribution in [0.1, 0.15) is 16.2 Å². The number of halogens is 1. The van der Waals surface area contributed by atoms with Crippen molar-refractivity contribution in [3.8, 4) is 0 Å². The predicted molar refractivity (Wildman–Crippen MR) is 90.7 cm³/mol. The van der Waals surface area contributed by atoms with Crippen molar-refractivity contribution < 1.29 is 13.2 Å². The molecule has 3 rings (SSSR count). The lowest BCUT2D eigenvalue weighted by Gasteiger charge is -2.07. The van der Waals surface area contributed by atoms with Crippen LogP contribution >= 0.6 is 11.6 Å². The van der Waals surface area contributed by atoms with Gasteiger partial charge in [-0.3, -0.25) is 9.20 Å². The van der Waals surface area contributed by atoms with E-state index in [1.54, 1.807) is 29.7 Å². The van der Waals surface area contributed by atoms with Gasteiger partial charge in [-0.15, -0.1) is 0 Å². The minimum Gasteiger partial charge on any atom is -0.321 e. The van der Waals surface area contributed by atoms with Gasteiger partial charge in [0, 0.05) is 23.0 Å². The van der Waals surface area contributed by atoms with Crippen LogP contribution in [0.25, 0.3) is 5.65 Å². The SMILES string of the molecule is Cc1nc2cc(Cl)ccn2c1C(=O)Nc1ccc(S(N)(=O)=O)cc1. The molecule has 0 atom stereocenters. The maximum absolute atomic E-state index is 12.5. The molecule has 1 amide bonds. The molecule has 0 aliphatic carbocycles. The van der Waals surface area contributed by atoms with Gasteiger partial charge in [-0.05, 0) is 37.3 Å². The Morgan fingerprint density at radius 2 is 1.92 bits per heavy atom. The number of aromatic nitrogens is 2. The fourth-order valence-electron chi connectivity index (χ4n) is 2.33. The minimum absolute atomic E-state index is 0.0267. The number of hydrogen-bond donors (Lipinski definition) is 2. The van der Waals surface area contributed by atoms with Crippen LogP contribution in [-0.4, -0.2) is 23.7 Å². The van der Waals surface area contributed by atoms with Crippen LogP contribution < -0.4 is 10.5 Å². The third-order valence-electron chi connectivity index (χ3n) is 3.42. The van der Waals surface area contributed by atoms with Crippen LogP contribution in [0, 0.1) is 6.92 Å². The van der Waals surface area contributed by atoms with E-state index in [1.165, 1.54) is 24.3 Å². The summed E-state index contributed by atoms with van der Waals surface area (Å²) in [6.07, 6.45) is 1.66. The van der Waals surface area contributed by atoms with Gasteiger partial charge < -0.3 is 5.32 Å². The smallest absolute Gasteiger partial charge is 0.274 e. The number of pyridine rings is 1. The Labute approximate surface area is 143 Å². The number of nitrogens with one attached hydrogen (secondary N) is 1. The van der Waals surface area contributed by atoms with Crippen LogP contribution in [0.4, 0.5) is 5.69 Å². The van der Waals surface area contributed by atoms with Crippen molar-refractivity contribution in [3.63, 3.8) is 0 Å². The van der Waals surface area contributed by atoms with E-state index >= 15 is 0 Å². The number of nitrogens with two attached hydrogens (primary N) is 1. The number of aryl methyl sites for hydroxylation is 1. The number of nitrogens with zero attached hydrogens (tertiary/aromatic N) is 2. The molecule has 1 aromatic carbocycles. The first-order chi connectivity index (χ1) is 11.3. The molecule has 2 heterocycles. The van der Waals surface area contributed by atoms with Gasteiger partial charge in [-0.1, -0.05) is 11.6 Å². The minimum atomic E-state index is -3.77. The fraction of sp³-hybridized carbons (Fsp3) is 0.0667. The predicted octanol–water partition coefficient (Wildman–Crippen LogP) is 2.20. The molecule has 0 saturated carbocycles. The molecular weight excluding hydrogens is 352 g/mol. The van der Waals surface area contributed by atoms with Gasteiger partial charge in [0.1, 0.15) is 11.3 Å². The Kier molecular flexibility index (Phi) is 4.04. The topological polar surface area (TPSA) is 107 Å². The molecule has 3 aromatic rings. The lowest BCUT2D eigenvalue weighted by Crippen LogP contribution is -2.16. The number of rotatable bonds is 3. The molecule has 2 aromatic heterocycles. The highest BCUT2D eigenvalue weighted by atomic mass is 35.5. The Morgan fingerprint density at radius 3 is 2.54 bits per heavy atom. The first-order valence-electron chi connectivity index (χ1n) is 6.84. The lowest BCUT2D eigenvalue weighted by molar-refractivity contribution is 0.102. The zero-order chi connectivity index (χ0) is 17.5. The van der Waals surface area contributed by atoms with E-state index in [-0.39, 0.29) is 10.8 Å². The van der Waals surface area contributed by atoms with E-state index in [9.17, 15) is 13.2 Å². The number of fused-ring (bicyclic) bond motifs is 1. The number of sulfonamides is 1. The molecule has 3 N–H and O–H groups in total. The highest BCUT2D eigenvalue weighted by Crippen LogP contribution is 2.19. The molecule has 0 spiro atoms. The van der Waals surface area contributed by atoms with Crippen LogP contribution in [0.15, 0.2) is 47.5 Å². The maximum atomic E-state index is 12.5. The largest absolute Gasteiger partial charge is 0.321 e. The van der Waals surface area contributed by atoms with E-state index in [4.69, 9.17) is 16.7 Å². The van der Waals surface area contributed by atoms with Gasteiger partial charge >= 0.3 is 0 Å². The monoisotopic (exact) mass is 364 g/mol. The number of imidazole rings is 1. The van der Waals surface area contributed by atoms with Crippen molar-refractivity contribution in [3.05, 3.63) is 59.0 Å². The van der Waals surface area contributed by atoms with Crippen LogP contribution in [0.2, 0.25) is 5.02 Å². The summed E-state index contributed by atoms with van der Waals surface area (Å²) in [6, 6.07) is 8.90. The highest BCUT2D eigenvalue weighted by Gasteiger charge is 2.17. The second kappa shape index (κ2) is 5.90. The Bertz CT molecular complexity index is 1040. The molecule has 0 saturated heterocycles. The number of anilines is 1. The molecule has 9 heteroatoms. The van der Waals surface area contributed by atoms with Gasteiger partial charge in [-0.2, -0.15) is 0 Å². The van der Waals surface area contributed by atoms with Crippen molar-refractivity contribution in [2.24, 2.45) is 5.14 Å². The fourth-order valence-corrected chi connectivity index (χ4v) is 3.00. The van der Waals surface area contributed by atoms with Crippen LogP contribution in [0.3, 0.4) is 0 Å². The maximum Gasteiger partial charge on any atom is 0.274 e. The normalized spacial score (nSPS) is 11.6. The third-order valence-corrected chi connectivity index (χ3v) is 4.58. The lowest BCUT2D eigenvalue weighted by atomic mass is 10.3. The molecule has 7 nitrogen and oxygen atoms in total. The number of amides is 1. The standard InChI is InChI=1S/C15H13ClN4O3S/c1-9-14(20-7-6-10(16)8-13(20)18-9)15(21)19-11-2-4-12(5-3-11)24(17,22)23/h2-8H,1H3,(H,19,21)(H2,17,22,23). The van der Waals surface area contributed by atoms with Gasteiger partial charge in [0.25, 0.3) is 5.91 Å². The summed E-state index contributed by atoms with van der Waals surface area (Å²) >= 11 is 5.93. The first kappa shape index (κ1) is 16.4. The molecular formula is C15H13ClN4O3S. The molecule has 0 aliphatic heterocycles. The summed E-state index contributed by atoms with van der Waals surface area (Å²) in [7, 11) is -3.77. The number of primary sulfonamides is 1. The zero-order valence-electron chi connectivity index (χ0n) is 12.5. The molecule has 0 radical (unpaired) electrons. The summed E-state index contributed by atoms with van der Waals surface area (Å²) in [5.74, 6) is -0.370. The van der Waals surface area contributed by atoms with Crippen molar-refractivity contribution in [2.75, 3.05) is 5.32 Å². The Morgan fingerprint density at radius 1 is 1.25 bits per heavy atom. The van der Waals surface area contributed by atoms with Crippen molar-refractivity contribution >= 4 is 38.9 Å². The molecule has 0 unspecified atom stereocenters. The quantitative estimate of drug-likeness (QED) is 0.742. The molecule has 0 aliphatic rings. The third kappa shape index (κ3) is 3.12. The summed E-state index contributed by atoms with van der Waals surface area (Å²) in [6.45, 7) is 1.72. The summed E-state index contributed by atoms with van der Waals surface area (Å²) in [4.78, 5) is 16.8. The van der Waals surface area contributed by atoms with Crippen LogP contribution in [0.5, 0.6) is 0 Å². The van der Waals surface area contributed by atoms with Gasteiger partial charge in [0.05, 0.1) is 10.6 Å². The summed E-state index contributed by atoms with van der Waals surface area (Å²) < 4.78 is 24.1. The zero-order valence-corrected chi connectivity index (χ0v) is 14.1. The van der Waals surface area contributed by atoms with Gasteiger partial charge in [0.15, 0.2) is 0 Å². The molecule has 0 fully saturated rings. The number of carbonyl (C=O) groups excluding carboxylic acids is 1. The van der Waals surface area contributed by atoms with E-state index < -0.39 is 10.0 Å². The second-order valence-corrected chi connectivity index (χ2v) is 7.14. The van der Waals surface area contributed by atoms with E-state index in [2.05, 4.69) is 10.3 Å². The number of carbonyl (C=O) groups is 1. The van der Waals surface area contributed by atoms with Crippen LogP contribution in [-0.2, 0) is 10.0 Å².